The van der Waals surface area contributed by atoms with Gasteiger partial charge in [0.1, 0.15) is 0 Å². The number of carbonyl (C=O) groups is 2. The van der Waals surface area contributed by atoms with Crippen molar-refractivity contribution in [3.63, 3.8) is 0 Å². The summed E-state index contributed by atoms with van der Waals surface area (Å²) in [7, 11) is 0. The number of urea groups is 1. The maximum Gasteiger partial charge on any atom is 0.319 e. The summed E-state index contributed by atoms with van der Waals surface area (Å²) in [6.07, 6.45) is 4.50. The lowest BCUT2D eigenvalue weighted by Gasteiger charge is -2.16. The third-order valence-electron chi connectivity index (χ3n) is 4.87. The summed E-state index contributed by atoms with van der Waals surface area (Å²) < 4.78 is 0. The van der Waals surface area contributed by atoms with Crippen LogP contribution in [-0.4, -0.2) is 41.0 Å². The molecular weight excluding hydrogens is 316 g/mol. The molecule has 0 radical (unpaired) electrons. The van der Waals surface area contributed by atoms with Crippen molar-refractivity contribution in [1.29, 1.82) is 0 Å². The number of hydrogen-bond acceptors (Lipinski definition) is 3. The molecule has 2 heterocycles. The number of anilines is 1. The van der Waals surface area contributed by atoms with Crippen molar-refractivity contribution in [3.05, 3.63) is 36.0 Å². The summed E-state index contributed by atoms with van der Waals surface area (Å²) in [5, 5.41) is 6.80. The molecule has 0 spiro atoms. The highest BCUT2D eigenvalue weighted by Crippen LogP contribution is 2.32. The zero-order chi connectivity index (χ0) is 17.4. The first-order chi connectivity index (χ1) is 12.1. The quantitative estimate of drug-likeness (QED) is 0.900. The largest absolute Gasteiger partial charge is 0.339 e. The predicted molar refractivity (Wildman–Crippen MR) is 96.3 cm³/mol. The SMILES string of the molecule is Cc1cc(NC(=O)NC[C@H]2CC(=O)N(C3CC3)C2)c2ncccc2c1. The van der Waals surface area contributed by atoms with Gasteiger partial charge < -0.3 is 15.5 Å². The monoisotopic (exact) mass is 338 g/mol. The van der Waals surface area contributed by atoms with Gasteiger partial charge >= 0.3 is 6.03 Å². The molecule has 2 N–H and O–H groups in total. The van der Waals surface area contributed by atoms with E-state index in [1.807, 2.05) is 36.1 Å². The predicted octanol–water partition coefficient (Wildman–Crippen LogP) is 2.68. The molecule has 130 valence electrons. The standard InChI is InChI=1S/C19H22N4O2/c1-12-7-14-3-2-6-20-18(14)16(8-12)22-19(25)21-10-13-9-17(24)23(11-13)15-4-5-15/h2-3,6-8,13,15H,4-5,9-11H2,1H3,(H2,21,22,25)/t13-/m1/s1. The van der Waals surface area contributed by atoms with Crippen LogP contribution in [0.5, 0.6) is 0 Å². The van der Waals surface area contributed by atoms with Crippen LogP contribution < -0.4 is 10.6 Å². The summed E-state index contributed by atoms with van der Waals surface area (Å²) in [5.74, 6) is 0.426. The summed E-state index contributed by atoms with van der Waals surface area (Å²) in [6, 6.07) is 8.03. The highest BCUT2D eigenvalue weighted by molar-refractivity contribution is 6.00. The minimum atomic E-state index is -0.255. The van der Waals surface area contributed by atoms with Crippen molar-refractivity contribution in [2.45, 2.75) is 32.2 Å². The minimum absolute atomic E-state index is 0.200. The van der Waals surface area contributed by atoms with Crippen LogP contribution in [0, 0.1) is 12.8 Å². The Hall–Kier alpha value is -2.63. The van der Waals surface area contributed by atoms with Crippen LogP contribution in [0.15, 0.2) is 30.5 Å². The van der Waals surface area contributed by atoms with Gasteiger partial charge in [-0.1, -0.05) is 6.07 Å². The molecule has 1 aromatic heterocycles. The van der Waals surface area contributed by atoms with E-state index in [9.17, 15) is 9.59 Å². The number of fused-ring (bicyclic) bond motifs is 1. The third kappa shape index (κ3) is 3.43. The number of aromatic nitrogens is 1. The van der Waals surface area contributed by atoms with Crippen LogP contribution in [0.3, 0.4) is 0 Å². The van der Waals surface area contributed by atoms with Gasteiger partial charge in [0.05, 0.1) is 11.2 Å². The van der Waals surface area contributed by atoms with Gasteiger partial charge in [0, 0.05) is 43.1 Å². The van der Waals surface area contributed by atoms with Crippen molar-refractivity contribution >= 4 is 28.5 Å². The van der Waals surface area contributed by atoms with Gasteiger partial charge in [0.15, 0.2) is 0 Å². The number of benzene rings is 1. The van der Waals surface area contributed by atoms with E-state index in [4.69, 9.17) is 0 Å². The fourth-order valence-electron chi connectivity index (χ4n) is 3.53. The number of aryl methyl sites for hydroxylation is 1. The van der Waals surface area contributed by atoms with E-state index in [0.29, 0.717) is 24.7 Å². The zero-order valence-electron chi connectivity index (χ0n) is 14.3. The Balaban J connectivity index is 1.37. The number of pyridine rings is 1. The molecule has 2 aromatic rings. The van der Waals surface area contributed by atoms with Gasteiger partial charge in [-0.15, -0.1) is 0 Å². The Kier molecular flexibility index (Phi) is 4.03. The lowest BCUT2D eigenvalue weighted by atomic mass is 10.1. The van der Waals surface area contributed by atoms with E-state index >= 15 is 0 Å². The Morgan fingerprint density at radius 3 is 3.00 bits per heavy atom. The summed E-state index contributed by atoms with van der Waals surface area (Å²) in [4.78, 5) is 30.6. The molecule has 25 heavy (non-hydrogen) atoms. The number of likely N-dealkylation sites (tertiary alicyclic amines) is 1. The molecule has 6 heteroatoms. The lowest BCUT2D eigenvalue weighted by molar-refractivity contribution is -0.128. The number of nitrogens with zero attached hydrogens (tertiary/aromatic N) is 2. The fourth-order valence-corrected chi connectivity index (χ4v) is 3.53. The Labute approximate surface area is 146 Å². The molecule has 0 unspecified atom stereocenters. The van der Waals surface area contributed by atoms with Crippen molar-refractivity contribution in [2.75, 3.05) is 18.4 Å². The van der Waals surface area contributed by atoms with Crippen LogP contribution in [-0.2, 0) is 4.79 Å². The molecule has 0 bridgehead atoms. The second-order valence-corrected chi connectivity index (χ2v) is 7.07. The van der Waals surface area contributed by atoms with E-state index < -0.39 is 0 Å². The number of carbonyl (C=O) groups excluding carboxylic acids is 2. The molecule has 1 saturated carbocycles. The van der Waals surface area contributed by atoms with Gasteiger partial charge in [0.25, 0.3) is 0 Å². The van der Waals surface area contributed by atoms with E-state index in [0.717, 1.165) is 35.9 Å². The van der Waals surface area contributed by atoms with E-state index in [-0.39, 0.29) is 17.9 Å². The Morgan fingerprint density at radius 1 is 1.36 bits per heavy atom. The van der Waals surface area contributed by atoms with Crippen molar-refractivity contribution in [3.8, 4) is 0 Å². The van der Waals surface area contributed by atoms with E-state index in [1.54, 1.807) is 6.20 Å². The van der Waals surface area contributed by atoms with E-state index in [2.05, 4.69) is 15.6 Å². The maximum atomic E-state index is 12.3. The first-order valence-corrected chi connectivity index (χ1v) is 8.80. The average molecular weight is 338 g/mol. The molecule has 6 nitrogen and oxygen atoms in total. The molecule has 3 amide bonds. The smallest absolute Gasteiger partial charge is 0.319 e. The maximum absolute atomic E-state index is 12.3. The van der Waals surface area contributed by atoms with Crippen molar-refractivity contribution < 1.29 is 9.59 Å². The number of hydrogen-bond donors (Lipinski definition) is 2. The molecule has 1 atom stereocenters. The second-order valence-electron chi connectivity index (χ2n) is 7.07. The van der Waals surface area contributed by atoms with Gasteiger partial charge in [-0.2, -0.15) is 0 Å². The molecule has 4 rings (SSSR count). The van der Waals surface area contributed by atoms with Crippen LogP contribution in [0.2, 0.25) is 0 Å². The number of rotatable bonds is 4. The first kappa shape index (κ1) is 15.9. The van der Waals surface area contributed by atoms with Crippen molar-refractivity contribution in [1.82, 2.24) is 15.2 Å². The highest BCUT2D eigenvalue weighted by atomic mass is 16.2. The molecular formula is C19H22N4O2. The molecule has 1 aliphatic heterocycles. The molecule has 1 saturated heterocycles. The summed E-state index contributed by atoms with van der Waals surface area (Å²) in [5.41, 5.74) is 2.55. The zero-order valence-corrected chi connectivity index (χ0v) is 14.3. The van der Waals surface area contributed by atoms with Gasteiger partial charge in [-0.3, -0.25) is 9.78 Å². The van der Waals surface area contributed by atoms with Crippen LogP contribution in [0.4, 0.5) is 10.5 Å². The van der Waals surface area contributed by atoms with Crippen LogP contribution >= 0.6 is 0 Å². The number of amides is 3. The Morgan fingerprint density at radius 2 is 2.20 bits per heavy atom. The fraction of sp³-hybridized carbons (Fsp3) is 0.421. The van der Waals surface area contributed by atoms with Crippen molar-refractivity contribution in [2.24, 2.45) is 5.92 Å². The normalized spacial score (nSPS) is 20.1. The van der Waals surface area contributed by atoms with E-state index in [1.165, 1.54) is 0 Å². The van der Waals surface area contributed by atoms with Gasteiger partial charge in [0.2, 0.25) is 5.91 Å². The second kappa shape index (κ2) is 6.35. The molecule has 2 aliphatic rings. The lowest BCUT2D eigenvalue weighted by Crippen LogP contribution is -2.34. The van der Waals surface area contributed by atoms with Gasteiger partial charge in [-0.05, 0) is 43.5 Å². The molecule has 1 aliphatic carbocycles. The van der Waals surface area contributed by atoms with Crippen LogP contribution in [0.1, 0.15) is 24.8 Å². The van der Waals surface area contributed by atoms with Crippen LogP contribution in [0.25, 0.3) is 10.9 Å². The first-order valence-electron chi connectivity index (χ1n) is 8.80. The minimum Gasteiger partial charge on any atom is -0.339 e. The molecule has 2 fully saturated rings. The molecule has 1 aromatic carbocycles. The summed E-state index contributed by atoms with van der Waals surface area (Å²) >= 11 is 0. The average Bonchev–Trinajstić information content (AvgIpc) is 3.36. The third-order valence-corrected chi connectivity index (χ3v) is 4.87. The topological polar surface area (TPSA) is 74.3 Å². The highest BCUT2D eigenvalue weighted by Gasteiger charge is 2.39. The number of nitrogens with one attached hydrogen (secondary N) is 2. The Bertz CT molecular complexity index is 831. The van der Waals surface area contributed by atoms with Gasteiger partial charge in [-0.25, -0.2) is 4.79 Å². The summed E-state index contributed by atoms with van der Waals surface area (Å²) in [6.45, 7) is 3.27.